The second-order valence-corrected chi connectivity index (χ2v) is 10.5. The molecular formula is C31H34N2O7S. The number of hydrogen-bond donors (Lipinski definition) is 1. The van der Waals surface area contributed by atoms with E-state index in [-0.39, 0.29) is 27.9 Å². The van der Waals surface area contributed by atoms with E-state index < -0.39 is 23.7 Å². The number of rotatable bonds is 11. The van der Waals surface area contributed by atoms with Crippen LogP contribution in [0.5, 0.6) is 11.5 Å². The molecule has 2 heterocycles. The van der Waals surface area contributed by atoms with Gasteiger partial charge < -0.3 is 19.3 Å². The Labute approximate surface area is 243 Å². The molecule has 4 rings (SSSR count). The van der Waals surface area contributed by atoms with E-state index in [0.717, 1.165) is 24.2 Å². The van der Waals surface area contributed by atoms with Gasteiger partial charge in [0.15, 0.2) is 5.13 Å². The number of carbonyl (C=O) groups is 3. The van der Waals surface area contributed by atoms with Crippen LogP contribution < -0.4 is 14.4 Å². The number of esters is 1. The summed E-state index contributed by atoms with van der Waals surface area (Å²) in [7, 11) is 0. The maximum atomic E-state index is 13.6. The van der Waals surface area contributed by atoms with Gasteiger partial charge in [-0.15, -0.1) is 0 Å². The number of amides is 1. The highest BCUT2D eigenvalue weighted by atomic mass is 32.1. The predicted octanol–water partition coefficient (Wildman–Crippen LogP) is 6.14. The molecule has 1 aliphatic heterocycles. The molecule has 0 spiro atoms. The Kier molecular flexibility index (Phi) is 9.44. The molecule has 2 aromatic carbocycles. The van der Waals surface area contributed by atoms with Crippen LogP contribution in [-0.2, 0) is 14.3 Å². The van der Waals surface area contributed by atoms with Gasteiger partial charge in [-0.1, -0.05) is 37.3 Å². The van der Waals surface area contributed by atoms with Crippen molar-refractivity contribution in [2.24, 2.45) is 0 Å². The van der Waals surface area contributed by atoms with Crippen molar-refractivity contribution in [2.75, 3.05) is 24.7 Å². The van der Waals surface area contributed by atoms with Crippen LogP contribution in [0.2, 0.25) is 0 Å². The number of benzene rings is 2. The van der Waals surface area contributed by atoms with Gasteiger partial charge in [0.25, 0.3) is 5.78 Å². The molecule has 41 heavy (non-hydrogen) atoms. The lowest BCUT2D eigenvalue weighted by atomic mass is 9.94. The van der Waals surface area contributed by atoms with E-state index in [1.165, 1.54) is 4.90 Å². The summed E-state index contributed by atoms with van der Waals surface area (Å²) in [5.41, 5.74) is 1.96. The van der Waals surface area contributed by atoms with E-state index in [9.17, 15) is 19.5 Å². The number of aryl methyl sites for hydroxylation is 2. The third-order valence-electron chi connectivity index (χ3n) is 6.49. The van der Waals surface area contributed by atoms with Crippen molar-refractivity contribution in [3.8, 4) is 11.5 Å². The number of carbonyl (C=O) groups excluding carboxylic acids is 3. The summed E-state index contributed by atoms with van der Waals surface area (Å²) in [6.45, 7) is 10.4. The Bertz CT molecular complexity index is 1480. The zero-order valence-corrected chi connectivity index (χ0v) is 24.7. The van der Waals surface area contributed by atoms with E-state index >= 15 is 0 Å². The van der Waals surface area contributed by atoms with Gasteiger partial charge in [-0.05, 0) is 75.1 Å². The van der Waals surface area contributed by atoms with Crippen LogP contribution in [-0.4, -0.2) is 47.6 Å². The average molecular weight is 579 g/mol. The number of nitrogens with zero attached hydrogens (tertiary/aromatic N) is 2. The first kappa shape index (κ1) is 29.8. The molecule has 0 bridgehead atoms. The number of ketones is 1. The van der Waals surface area contributed by atoms with Gasteiger partial charge in [-0.3, -0.25) is 14.5 Å². The van der Waals surface area contributed by atoms with E-state index in [0.29, 0.717) is 47.1 Å². The third kappa shape index (κ3) is 6.12. The number of aliphatic hydroxyl groups is 1. The molecule has 0 radical (unpaired) electrons. The van der Waals surface area contributed by atoms with Crippen molar-refractivity contribution in [1.82, 2.24) is 4.98 Å². The van der Waals surface area contributed by atoms with Gasteiger partial charge in [0.2, 0.25) is 0 Å². The van der Waals surface area contributed by atoms with Crippen LogP contribution in [0.15, 0.2) is 48.0 Å². The van der Waals surface area contributed by atoms with Crippen molar-refractivity contribution >= 4 is 39.9 Å². The standard InChI is InChI=1S/C31H34N2O7S/c1-6-15-39-21-11-9-20(10-12-21)25-24(26(34)23-14-13-22(17-18(23)4)40-16-7-2)27(35)29(36)33(25)31-32-19(5)28(41-31)30(37)38-8-3/h9-14,17,25,34H,6-8,15-16H2,1-5H3/t25-/m0/s1. The number of ether oxygens (including phenoxy) is 3. The molecule has 1 saturated heterocycles. The summed E-state index contributed by atoms with van der Waals surface area (Å²) in [6, 6.07) is 11.2. The monoisotopic (exact) mass is 578 g/mol. The fourth-order valence-corrected chi connectivity index (χ4v) is 5.53. The highest BCUT2D eigenvalue weighted by Gasteiger charge is 2.48. The van der Waals surface area contributed by atoms with Crippen molar-refractivity contribution in [3.63, 3.8) is 0 Å². The summed E-state index contributed by atoms with van der Waals surface area (Å²) in [6.07, 6.45) is 1.69. The maximum absolute atomic E-state index is 13.6. The molecule has 10 heteroatoms. The molecule has 216 valence electrons. The lowest BCUT2D eigenvalue weighted by Gasteiger charge is -2.23. The van der Waals surface area contributed by atoms with Crippen LogP contribution >= 0.6 is 11.3 Å². The van der Waals surface area contributed by atoms with Crippen molar-refractivity contribution in [1.29, 1.82) is 0 Å². The number of aliphatic hydroxyl groups excluding tert-OH is 1. The molecule has 1 amide bonds. The van der Waals surface area contributed by atoms with Crippen LogP contribution in [0.25, 0.3) is 5.76 Å². The topological polar surface area (TPSA) is 115 Å². The fraction of sp³-hybridized carbons (Fsp3) is 0.355. The molecule has 1 aromatic heterocycles. The second-order valence-electron chi connectivity index (χ2n) is 9.54. The maximum Gasteiger partial charge on any atom is 0.350 e. The van der Waals surface area contributed by atoms with Gasteiger partial charge in [0.1, 0.15) is 22.1 Å². The minimum atomic E-state index is -0.994. The minimum absolute atomic E-state index is 0.0758. The second kappa shape index (κ2) is 13.0. The third-order valence-corrected chi connectivity index (χ3v) is 7.63. The largest absolute Gasteiger partial charge is 0.507 e. The Morgan fingerprint density at radius 2 is 1.61 bits per heavy atom. The summed E-state index contributed by atoms with van der Waals surface area (Å²) in [4.78, 5) is 45.6. The van der Waals surface area contributed by atoms with Crippen molar-refractivity contribution in [3.05, 3.63) is 75.3 Å². The van der Waals surface area contributed by atoms with Crippen LogP contribution in [0, 0.1) is 13.8 Å². The molecule has 1 N–H and O–H groups in total. The summed E-state index contributed by atoms with van der Waals surface area (Å²) in [5.74, 6) is -1.28. The molecule has 9 nitrogen and oxygen atoms in total. The summed E-state index contributed by atoms with van der Waals surface area (Å²) in [5, 5.41) is 11.7. The number of anilines is 1. The molecule has 3 aromatic rings. The van der Waals surface area contributed by atoms with Gasteiger partial charge in [0.05, 0.1) is 37.1 Å². The zero-order valence-electron chi connectivity index (χ0n) is 23.9. The van der Waals surface area contributed by atoms with Crippen LogP contribution in [0.4, 0.5) is 5.13 Å². The van der Waals surface area contributed by atoms with Gasteiger partial charge in [-0.2, -0.15) is 0 Å². The number of Topliss-reactive ketones (excluding diaryl/α,β-unsaturated/α-hetero) is 1. The Morgan fingerprint density at radius 1 is 0.976 bits per heavy atom. The number of thiazole rings is 1. The molecular weight excluding hydrogens is 544 g/mol. The van der Waals surface area contributed by atoms with Crippen molar-refractivity contribution in [2.45, 2.75) is 53.5 Å². The van der Waals surface area contributed by atoms with Crippen LogP contribution in [0.1, 0.15) is 71.7 Å². The highest BCUT2D eigenvalue weighted by Crippen LogP contribution is 2.44. The lowest BCUT2D eigenvalue weighted by Crippen LogP contribution is -2.29. The SMILES string of the molecule is CCCOc1ccc([C@H]2C(=C(O)c3ccc(OCCC)cc3C)C(=O)C(=O)N2c2nc(C)c(C(=O)OCC)s2)cc1. The summed E-state index contributed by atoms with van der Waals surface area (Å²) < 4.78 is 16.6. The molecule has 1 aliphatic rings. The van der Waals surface area contributed by atoms with E-state index in [4.69, 9.17) is 14.2 Å². The normalized spacial score (nSPS) is 16.2. The smallest absolute Gasteiger partial charge is 0.350 e. The molecule has 0 unspecified atom stereocenters. The first-order valence-electron chi connectivity index (χ1n) is 13.6. The quantitative estimate of drug-likeness (QED) is 0.125. The average Bonchev–Trinajstić information content (AvgIpc) is 3.47. The Balaban J connectivity index is 1.86. The number of hydrogen-bond acceptors (Lipinski definition) is 9. The molecule has 0 saturated carbocycles. The zero-order chi connectivity index (χ0) is 29.7. The minimum Gasteiger partial charge on any atom is -0.507 e. The van der Waals surface area contributed by atoms with E-state index in [1.54, 1.807) is 63.2 Å². The van der Waals surface area contributed by atoms with Crippen molar-refractivity contribution < 1.29 is 33.7 Å². The van der Waals surface area contributed by atoms with E-state index in [2.05, 4.69) is 4.98 Å². The fourth-order valence-electron chi connectivity index (χ4n) is 4.54. The van der Waals surface area contributed by atoms with Crippen LogP contribution in [0.3, 0.4) is 0 Å². The first-order valence-corrected chi connectivity index (χ1v) is 14.4. The van der Waals surface area contributed by atoms with Gasteiger partial charge >= 0.3 is 11.9 Å². The molecule has 0 aliphatic carbocycles. The lowest BCUT2D eigenvalue weighted by molar-refractivity contribution is -0.132. The Morgan fingerprint density at radius 3 is 2.22 bits per heavy atom. The number of aromatic nitrogens is 1. The Hall–Kier alpha value is -4.18. The first-order chi connectivity index (χ1) is 19.7. The van der Waals surface area contributed by atoms with E-state index in [1.807, 2.05) is 13.8 Å². The highest BCUT2D eigenvalue weighted by molar-refractivity contribution is 7.17. The molecule has 1 fully saturated rings. The van der Waals surface area contributed by atoms with Gasteiger partial charge in [0, 0.05) is 5.56 Å². The predicted molar refractivity (Wildman–Crippen MR) is 157 cm³/mol. The van der Waals surface area contributed by atoms with Gasteiger partial charge in [-0.25, -0.2) is 9.78 Å². The summed E-state index contributed by atoms with van der Waals surface area (Å²) >= 11 is 0.967. The molecule has 1 atom stereocenters.